The lowest BCUT2D eigenvalue weighted by atomic mass is 9.86. The van der Waals surface area contributed by atoms with E-state index >= 15 is 0 Å². The van der Waals surface area contributed by atoms with Gasteiger partial charge >= 0.3 is 0 Å². The first-order valence-electron chi connectivity index (χ1n) is 4.24. The van der Waals surface area contributed by atoms with E-state index in [1.54, 1.807) is 0 Å². The van der Waals surface area contributed by atoms with Gasteiger partial charge in [0.1, 0.15) is 5.78 Å². The summed E-state index contributed by atoms with van der Waals surface area (Å²) in [6, 6.07) is 0.0463. The zero-order valence-electron chi connectivity index (χ0n) is 6.45. The van der Waals surface area contributed by atoms with Gasteiger partial charge < -0.3 is 0 Å². The molecule has 3 heteroatoms. The van der Waals surface area contributed by atoms with E-state index in [4.69, 9.17) is 0 Å². The summed E-state index contributed by atoms with van der Waals surface area (Å²) in [4.78, 5) is 22.4. The number of carbonyl (C=O) groups excluding carboxylic acids is 1. The number of nitroso groups, excluding NO2 is 1. The molecule has 2 atom stereocenters. The molecule has 0 aromatic heterocycles. The minimum absolute atomic E-state index is 0.0231. The molecule has 2 rings (SSSR count). The molecule has 0 aliphatic carbocycles. The Balaban J connectivity index is 2.19. The van der Waals surface area contributed by atoms with Crippen molar-refractivity contribution in [1.82, 2.24) is 0 Å². The lowest BCUT2D eigenvalue weighted by Gasteiger charge is -2.24. The van der Waals surface area contributed by atoms with Gasteiger partial charge in [-0.25, -0.2) is 0 Å². The predicted molar refractivity (Wildman–Crippen MR) is 39.3 cm³/mol. The lowest BCUT2D eigenvalue weighted by molar-refractivity contribution is -0.633. The standard InChI is InChI=1S/C8H12NO2/c10-8-4-6-2-1-3-7(5-8)9(6)11/h6-7H,1-5H2/q+1. The van der Waals surface area contributed by atoms with Crippen molar-refractivity contribution in [3.8, 4) is 0 Å². The number of piperidine rings is 2. The van der Waals surface area contributed by atoms with Gasteiger partial charge in [0.05, 0.1) is 12.8 Å². The largest absolute Gasteiger partial charge is 0.299 e. The van der Waals surface area contributed by atoms with Crippen molar-refractivity contribution in [1.29, 1.82) is 0 Å². The highest BCUT2D eigenvalue weighted by molar-refractivity contribution is 5.79. The first-order chi connectivity index (χ1) is 5.27. The van der Waals surface area contributed by atoms with Gasteiger partial charge in [-0.3, -0.25) is 4.79 Å². The van der Waals surface area contributed by atoms with Crippen LogP contribution < -0.4 is 0 Å². The van der Waals surface area contributed by atoms with Gasteiger partial charge in [0.2, 0.25) is 12.1 Å². The number of nitrogens with zero attached hydrogens (tertiary/aromatic N) is 1. The minimum Gasteiger partial charge on any atom is -0.299 e. The van der Waals surface area contributed by atoms with Crippen LogP contribution in [0.5, 0.6) is 0 Å². The summed E-state index contributed by atoms with van der Waals surface area (Å²) in [6.07, 6.45) is 3.97. The third-order valence-corrected chi connectivity index (χ3v) is 2.72. The molecule has 0 saturated carbocycles. The van der Waals surface area contributed by atoms with Gasteiger partial charge in [0.25, 0.3) is 0 Å². The van der Waals surface area contributed by atoms with E-state index in [-0.39, 0.29) is 17.9 Å². The number of hydrogen-bond donors (Lipinski definition) is 0. The number of ketones is 1. The molecule has 2 bridgehead atoms. The molecule has 60 valence electrons. The molecule has 0 aromatic rings. The van der Waals surface area contributed by atoms with Crippen LogP contribution in [0.15, 0.2) is 0 Å². The summed E-state index contributed by atoms with van der Waals surface area (Å²) in [5, 5.41) is 0. The molecule has 3 nitrogen and oxygen atoms in total. The second-order valence-electron chi connectivity index (χ2n) is 3.55. The van der Waals surface area contributed by atoms with E-state index in [9.17, 15) is 9.70 Å². The Morgan fingerprint density at radius 3 is 2.27 bits per heavy atom. The average Bonchev–Trinajstić information content (AvgIpc) is 1.92. The summed E-state index contributed by atoms with van der Waals surface area (Å²) < 4.78 is 1.16. The molecule has 0 aromatic carbocycles. The Morgan fingerprint density at radius 1 is 1.18 bits per heavy atom. The summed E-state index contributed by atoms with van der Waals surface area (Å²) >= 11 is 0. The molecule has 0 radical (unpaired) electrons. The van der Waals surface area contributed by atoms with E-state index < -0.39 is 0 Å². The van der Waals surface area contributed by atoms with Crippen LogP contribution in [0.1, 0.15) is 32.1 Å². The van der Waals surface area contributed by atoms with Gasteiger partial charge in [-0.05, 0) is 6.42 Å². The fraction of sp³-hybridized carbons (Fsp3) is 0.875. The van der Waals surface area contributed by atoms with E-state index in [2.05, 4.69) is 0 Å². The number of Topliss-reactive ketones (excluding diaryl/α,β-unsaturated/α-hetero) is 1. The summed E-state index contributed by atoms with van der Waals surface area (Å²) in [6.45, 7) is 0. The average molecular weight is 154 g/mol. The van der Waals surface area contributed by atoms with E-state index in [0.29, 0.717) is 12.8 Å². The summed E-state index contributed by atoms with van der Waals surface area (Å²) in [7, 11) is 0. The fourth-order valence-electron chi connectivity index (χ4n) is 2.13. The van der Waals surface area contributed by atoms with Crippen molar-refractivity contribution >= 4 is 5.78 Å². The molecular formula is C8H12NO2+. The topological polar surface area (TPSA) is 37.1 Å². The quantitative estimate of drug-likeness (QED) is 0.489. The Morgan fingerprint density at radius 2 is 1.73 bits per heavy atom. The number of rotatable bonds is 0. The zero-order valence-corrected chi connectivity index (χ0v) is 6.45. The van der Waals surface area contributed by atoms with Gasteiger partial charge in [0, 0.05) is 22.5 Å². The van der Waals surface area contributed by atoms with Crippen molar-refractivity contribution in [3.63, 3.8) is 0 Å². The second-order valence-corrected chi connectivity index (χ2v) is 3.55. The van der Waals surface area contributed by atoms with Crippen molar-refractivity contribution in [2.45, 2.75) is 44.2 Å². The molecule has 0 spiro atoms. The molecule has 11 heavy (non-hydrogen) atoms. The number of fused-ring (bicyclic) bond motifs is 2. The van der Waals surface area contributed by atoms with Crippen LogP contribution in [0.3, 0.4) is 0 Å². The normalized spacial score (nSPS) is 37.5. The maximum absolute atomic E-state index is 11.3. The molecule has 2 aliphatic heterocycles. The lowest BCUT2D eigenvalue weighted by Crippen LogP contribution is -2.44. The third-order valence-electron chi connectivity index (χ3n) is 2.72. The SMILES string of the molecule is O=C1CC2CCCC(C1)[N+]2=O. The van der Waals surface area contributed by atoms with Crippen LogP contribution in [-0.2, 0) is 4.79 Å². The smallest absolute Gasteiger partial charge is 0.208 e. The molecule has 2 heterocycles. The third kappa shape index (κ3) is 1.08. The molecule has 2 aliphatic rings. The minimum atomic E-state index is 0.0231. The summed E-state index contributed by atoms with van der Waals surface area (Å²) in [5.74, 6) is 0.284. The van der Waals surface area contributed by atoms with Gasteiger partial charge in [0.15, 0.2) is 0 Å². The van der Waals surface area contributed by atoms with Crippen LogP contribution in [-0.4, -0.2) is 22.6 Å². The zero-order chi connectivity index (χ0) is 7.84. The van der Waals surface area contributed by atoms with Crippen LogP contribution >= 0.6 is 0 Å². The van der Waals surface area contributed by atoms with Crippen molar-refractivity contribution in [2.75, 3.05) is 0 Å². The van der Waals surface area contributed by atoms with Crippen molar-refractivity contribution < 1.29 is 9.55 Å². The number of carbonyl (C=O) groups is 1. The van der Waals surface area contributed by atoms with Gasteiger partial charge in [-0.2, -0.15) is 0 Å². The van der Waals surface area contributed by atoms with E-state index in [1.807, 2.05) is 0 Å². The van der Waals surface area contributed by atoms with Crippen LogP contribution in [0.4, 0.5) is 0 Å². The van der Waals surface area contributed by atoms with Gasteiger partial charge in [-0.1, -0.05) is 0 Å². The maximum Gasteiger partial charge on any atom is 0.208 e. The number of hydrogen-bond acceptors (Lipinski definition) is 2. The first kappa shape index (κ1) is 6.95. The maximum atomic E-state index is 11.3. The van der Waals surface area contributed by atoms with Gasteiger partial charge in [-0.15, -0.1) is 0 Å². The molecule has 0 amide bonds. The molecule has 2 unspecified atom stereocenters. The van der Waals surface area contributed by atoms with E-state index in [0.717, 1.165) is 24.0 Å². The first-order valence-corrected chi connectivity index (χ1v) is 4.24. The van der Waals surface area contributed by atoms with Crippen molar-refractivity contribution in [2.24, 2.45) is 0 Å². The predicted octanol–water partition coefficient (Wildman–Crippen LogP) is 1.05. The summed E-state index contributed by atoms with van der Waals surface area (Å²) in [5.41, 5.74) is 0. The highest BCUT2D eigenvalue weighted by atomic mass is 16.3. The Bertz CT molecular complexity index is 194. The van der Waals surface area contributed by atoms with E-state index in [1.165, 1.54) is 0 Å². The Hall–Kier alpha value is -0.730. The Kier molecular flexibility index (Phi) is 1.51. The van der Waals surface area contributed by atoms with Crippen LogP contribution in [0.2, 0.25) is 0 Å². The molecule has 2 fully saturated rings. The highest BCUT2D eigenvalue weighted by Gasteiger charge is 2.44. The molecular weight excluding hydrogens is 142 g/mol. The molecule has 2 saturated heterocycles. The van der Waals surface area contributed by atoms with Crippen LogP contribution in [0, 0.1) is 4.91 Å². The molecule has 0 N–H and O–H groups in total. The van der Waals surface area contributed by atoms with Crippen molar-refractivity contribution in [3.05, 3.63) is 4.91 Å². The highest BCUT2D eigenvalue weighted by Crippen LogP contribution is 2.27. The second kappa shape index (κ2) is 2.40. The van der Waals surface area contributed by atoms with Crippen LogP contribution in [0.25, 0.3) is 0 Å². The monoisotopic (exact) mass is 154 g/mol. The Labute approximate surface area is 65.3 Å². The fourth-order valence-corrected chi connectivity index (χ4v) is 2.13.